The molecule has 0 aliphatic rings. The molecule has 10 heavy (non-hydrogen) atoms. The Morgan fingerprint density at radius 2 is 2.40 bits per heavy atom. The van der Waals surface area contributed by atoms with Gasteiger partial charge in [-0.2, -0.15) is 0 Å². The number of pyridine rings is 1. The molecule has 0 saturated heterocycles. The van der Waals surface area contributed by atoms with Crippen molar-refractivity contribution < 1.29 is 0 Å². The van der Waals surface area contributed by atoms with Crippen LogP contribution in [0.2, 0.25) is 0 Å². The normalized spacial score (nSPS) is 9.30. The second kappa shape index (κ2) is 2.80. The summed E-state index contributed by atoms with van der Waals surface area (Å²) in [7, 11) is 0. The van der Waals surface area contributed by atoms with Crippen LogP contribution >= 0.6 is 12.2 Å². The van der Waals surface area contributed by atoms with E-state index in [2.05, 4.69) is 11.6 Å². The van der Waals surface area contributed by atoms with Gasteiger partial charge < -0.3 is 4.98 Å². The SMILES string of the molecule is C=Cc1c[nH]c(=S)c(C)c1. The van der Waals surface area contributed by atoms with Crippen LogP contribution < -0.4 is 0 Å². The lowest BCUT2D eigenvalue weighted by Crippen LogP contribution is -1.81. The summed E-state index contributed by atoms with van der Waals surface area (Å²) in [4.78, 5) is 2.96. The molecule has 2 heteroatoms. The molecule has 0 amide bonds. The van der Waals surface area contributed by atoms with Gasteiger partial charge in [-0.05, 0) is 24.1 Å². The van der Waals surface area contributed by atoms with Crippen molar-refractivity contribution in [2.75, 3.05) is 0 Å². The summed E-state index contributed by atoms with van der Waals surface area (Å²) in [6.07, 6.45) is 3.64. The van der Waals surface area contributed by atoms with Gasteiger partial charge in [-0.3, -0.25) is 0 Å². The van der Waals surface area contributed by atoms with Crippen LogP contribution in [0.5, 0.6) is 0 Å². The number of nitrogens with one attached hydrogen (secondary N) is 1. The first-order valence-electron chi connectivity index (χ1n) is 3.06. The predicted molar refractivity (Wildman–Crippen MR) is 46.5 cm³/mol. The van der Waals surface area contributed by atoms with Crippen molar-refractivity contribution in [3.05, 3.63) is 34.6 Å². The Morgan fingerprint density at radius 3 is 2.90 bits per heavy atom. The van der Waals surface area contributed by atoms with Crippen molar-refractivity contribution in [2.24, 2.45) is 0 Å². The van der Waals surface area contributed by atoms with E-state index in [9.17, 15) is 0 Å². The number of aromatic nitrogens is 1. The van der Waals surface area contributed by atoms with Gasteiger partial charge in [0.2, 0.25) is 0 Å². The van der Waals surface area contributed by atoms with E-state index in [0.29, 0.717) is 0 Å². The van der Waals surface area contributed by atoms with Crippen LogP contribution in [0.3, 0.4) is 0 Å². The number of aromatic amines is 1. The molecule has 1 nitrogen and oxygen atoms in total. The van der Waals surface area contributed by atoms with Crippen LogP contribution in [-0.2, 0) is 0 Å². The maximum absolute atomic E-state index is 4.97. The molecule has 0 fully saturated rings. The molecule has 0 unspecified atom stereocenters. The molecule has 1 N–H and O–H groups in total. The van der Waals surface area contributed by atoms with Gasteiger partial charge in [0.05, 0.1) is 0 Å². The molecule has 1 rings (SSSR count). The standard InChI is InChI=1S/C8H9NS/c1-3-7-4-6(2)8(10)9-5-7/h3-5H,1H2,2H3,(H,9,10). The molecule has 0 atom stereocenters. The molecule has 0 bridgehead atoms. The summed E-state index contributed by atoms with van der Waals surface area (Å²) in [5.74, 6) is 0. The fraction of sp³-hybridized carbons (Fsp3) is 0.125. The lowest BCUT2D eigenvalue weighted by molar-refractivity contribution is 1.23. The van der Waals surface area contributed by atoms with Gasteiger partial charge in [-0.1, -0.05) is 24.9 Å². The predicted octanol–water partition coefficient (Wildman–Crippen LogP) is 2.70. The van der Waals surface area contributed by atoms with Crippen molar-refractivity contribution in [2.45, 2.75) is 6.92 Å². The van der Waals surface area contributed by atoms with E-state index in [1.54, 1.807) is 6.08 Å². The molecule has 0 saturated carbocycles. The zero-order chi connectivity index (χ0) is 7.56. The van der Waals surface area contributed by atoms with Crippen LogP contribution in [0.4, 0.5) is 0 Å². The summed E-state index contributed by atoms with van der Waals surface area (Å²) in [6, 6.07) is 2.01. The summed E-state index contributed by atoms with van der Waals surface area (Å²) in [6.45, 7) is 5.63. The topological polar surface area (TPSA) is 15.8 Å². The van der Waals surface area contributed by atoms with E-state index in [1.807, 2.05) is 19.2 Å². The van der Waals surface area contributed by atoms with Crippen LogP contribution in [0.25, 0.3) is 6.08 Å². The zero-order valence-electron chi connectivity index (χ0n) is 5.85. The number of H-pyrrole nitrogens is 1. The van der Waals surface area contributed by atoms with E-state index in [0.717, 1.165) is 15.8 Å². The van der Waals surface area contributed by atoms with Crippen LogP contribution in [0.15, 0.2) is 18.8 Å². The Labute approximate surface area is 65.4 Å². The average Bonchev–Trinajstić information content (AvgIpc) is 1.95. The fourth-order valence-corrected chi connectivity index (χ4v) is 0.856. The number of rotatable bonds is 1. The summed E-state index contributed by atoms with van der Waals surface area (Å²) in [5.41, 5.74) is 2.17. The molecule has 52 valence electrons. The lowest BCUT2D eigenvalue weighted by Gasteiger charge is -1.94. The molecule has 0 aromatic carbocycles. The third-order valence-electron chi connectivity index (χ3n) is 1.35. The summed E-state index contributed by atoms with van der Waals surface area (Å²) >= 11 is 4.97. The maximum Gasteiger partial charge on any atom is 0.106 e. The Balaban J connectivity index is 3.29. The molecule has 1 aromatic rings. The van der Waals surface area contributed by atoms with Crippen molar-refractivity contribution in [3.63, 3.8) is 0 Å². The highest BCUT2D eigenvalue weighted by molar-refractivity contribution is 7.71. The molecule has 1 heterocycles. The highest BCUT2D eigenvalue weighted by atomic mass is 32.1. The Kier molecular flexibility index (Phi) is 2.02. The van der Waals surface area contributed by atoms with Gasteiger partial charge in [0.1, 0.15) is 4.64 Å². The highest BCUT2D eigenvalue weighted by Gasteiger charge is 1.88. The van der Waals surface area contributed by atoms with Crippen molar-refractivity contribution >= 4 is 18.3 Å². The number of aryl methyl sites for hydroxylation is 1. The largest absolute Gasteiger partial charge is 0.352 e. The minimum absolute atomic E-state index is 0.797. The number of hydrogen-bond donors (Lipinski definition) is 1. The molecule has 1 aromatic heterocycles. The van der Waals surface area contributed by atoms with E-state index < -0.39 is 0 Å². The second-order valence-electron chi connectivity index (χ2n) is 2.15. The van der Waals surface area contributed by atoms with Gasteiger partial charge in [-0.25, -0.2) is 0 Å². The van der Waals surface area contributed by atoms with Crippen LogP contribution in [-0.4, -0.2) is 4.98 Å². The van der Waals surface area contributed by atoms with Gasteiger partial charge in [0, 0.05) is 6.20 Å². The summed E-state index contributed by atoms with van der Waals surface area (Å²) in [5, 5.41) is 0. The minimum Gasteiger partial charge on any atom is -0.352 e. The monoisotopic (exact) mass is 151 g/mol. The molecule has 0 aliphatic heterocycles. The van der Waals surface area contributed by atoms with Crippen LogP contribution in [0.1, 0.15) is 11.1 Å². The molecular formula is C8H9NS. The fourth-order valence-electron chi connectivity index (χ4n) is 0.738. The smallest absolute Gasteiger partial charge is 0.106 e. The van der Waals surface area contributed by atoms with Gasteiger partial charge in [0.15, 0.2) is 0 Å². The number of hydrogen-bond acceptors (Lipinski definition) is 1. The van der Waals surface area contributed by atoms with E-state index in [-0.39, 0.29) is 0 Å². The molecule has 0 aliphatic carbocycles. The molecule has 0 spiro atoms. The zero-order valence-corrected chi connectivity index (χ0v) is 6.66. The van der Waals surface area contributed by atoms with E-state index >= 15 is 0 Å². The summed E-state index contributed by atoms with van der Waals surface area (Å²) < 4.78 is 0.797. The van der Waals surface area contributed by atoms with Gasteiger partial charge in [0.25, 0.3) is 0 Å². The molecular weight excluding hydrogens is 142 g/mol. The van der Waals surface area contributed by atoms with Crippen molar-refractivity contribution in [1.82, 2.24) is 4.98 Å². The van der Waals surface area contributed by atoms with Gasteiger partial charge >= 0.3 is 0 Å². The average molecular weight is 151 g/mol. The molecule has 0 radical (unpaired) electrons. The lowest BCUT2D eigenvalue weighted by atomic mass is 10.2. The van der Waals surface area contributed by atoms with Gasteiger partial charge in [-0.15, -0.1) is 0 Å². The van der Waals surface area contributed by atoms with Crippen LogP contribution in [0, 0.1) is 11.6 Å². The third kappa shape index (κ3) is 1.33. The quantitative estimate of drug-likeness (QED) is 0.610. The maximum atomic E-state index is 4.97. The first-order valence-corrected chi connectivity index (χ1v) is 3.46. The van der Waals surface area contributed by atoms with E-state index in [4.69, 9.17) is 12.2 Å². The third-order valence-corrected chi connectivity index (χ3v) is 1.79. The minimum atomic E-state index is 0.797. The first-order chi connectivity index (χ1) is 4.74. The Bertz CT molecular complexity index is 298. The van der Waals surface area contributed by atoms with Crippen molar-refractivity contribution in [1.29, 1.82) is 0 Å². The second-order valence-corrected chi connectivity index (χ2v) is 2.56. The van der Waals surface area contributed by atoms with Crippen molar-refractivity contribution in [3.8, 4) is 0 Å². The Morgan fingerprint density at radius 1 is 1.70 bits per heavy atom. The highest BCUT2D eigenvalue weighted by Crippen LogP contribution is 2.03. The first kappa shape index (κ1) is 7.22. The Hall–Kier alpha value is -0.890. The van der Waals surface area contributed by atoms with E-state index in [1.165, 1.54) is 0 Å².